The van der Waals surface area contributed by atoms with E-state index in [4.69, 9.17) is 4.74 Å². The molecule has 2 aliphatic heterocycles. The minimum Gasteiger partial charge on any atom is -0.376 e. The number of nitrogens with one attached hydrogen (secondary N) is 1. The van der Waals surface area contributed by atoms with Gasteiger partial charge in [0.1, 0.15) is 5.52 Å². The van der Waals surface area contributed by atoms with E-state index in [-0.39, 0.29) is 5.56 Å². The van der Waals surface area contributed by atoms with Crippen molar-refractivity contribution < 1.29 is 4.74 Å². The van der Waals surface area contributed by atoms with Gasteiger partial charge >= 0.3 is 0 Å². The predicted molar refractivity (Wildman–Crippen MR) is 92.4 cm³/mol. The van der Waals surface area contributed by atoms with Crippen molar-refractivity contribution in [3.05, 3.63) is 28.9 Å². The fraction of sp³-hybridized carbons (Fsp3) is 0.588. The average molecular weight is 329 g/mol. The van der Waals surface area contributed by atoms with Crippen LogP contribution in [0, 0.1) is 0 Å². The van der Waals surface area contributed by atoms with Gasteiger partial charge in [-0.25, -0.2) is 9.97 Å². The Hall–Kier alpha value is -1.99. The van der Waals surface area contributed by atoms with Gasteiger partial charge in [0.25, 0.3) is 5.56 Å². The van der Waals surface area contributed by atoms with Crippen LogP contribution >= 0.6 is 0 Å². The standard InChI is InChI=1S/C17H23N5O2/c1-12-10-22(8-9-24-12)13-3-6-21(7-4-13)16-15-14(2-5-18-16)17(23)20-11-19-15/h2,5,11-13H,3-4,6-10H2,1H3,(H,19,20,23). The minimum absolute atomic E-state index is 0.110. The Morgan fingerprint density at radius 3 is 2.88 bits per heavy atom. The Bertz CT molecular complexity index is 769. The molecule has 2 aromatic rings. The number of hydrogen-bond acceptors (Lipinski definition) is 6. The van der Waals surface area contributed by atoms with E-state index in [1.165, 1.54) is 6.33 Å². The molecule has 0 aliphatic carbocycles. The van der Waals surface area contributed by atoms with Gasteiger partial charge in [-0.05, 0) is 25.8 Å². The lowest BCUT2D eigenvalue weighted by molar-refractivity contribution is -0.0373. The zero-order valence-corrected chi connectivity index (χ0v) is 13.9. The van der Waals surface area contributed by atoms with E-state index in [0.29, 0.717) is 23.0 Å². The fourth-order valence-electron chi connectivity index (χ4n) is 3.84. The smallest absolute Gasteiger partial charge is 0.258 e. The summed E-state index contributed by atoms with van der Waals surface area (Å²) in [5.74, 6) is 0.826. The summed E-state index contributed by atoms with van der Waals surface area (Å²) in [5.41, 5.74) is 0.584. The number of fused-ring (bicyclic) bond motifs is 1. The molecule has 1 atom stereocenters. The highest BCUT2D eigenvalue weighted by molar-refractivity contribution is 5.87. The molecule has 2 fully saturated rings. The Morgan fingerprint density at radius 1 is 1.25 bits per heavy atom. The van der Waals surface area contributed by atoms with E-state index in [1.54, 1.807) is 12.3 Å². The number of piperidine rings is 1. The molecule has 0 radical (unpaired) electrons. The monoisotopic (exact) mass is 329 g/mol. The van der Waals surface area contributed by atoms with Crippen LogP contribution in [0.5, 0.6) is 0 Å². The van der Waals surface area contributed by atoms with E-state index < -0.39 is 0 Å². The molecule has 4 rings (SSSR count). The zero-order chi connectivity index (χ0) is 16.5. The fourth-order valence-corrected chi connectivity index (χ4v) is 3.84. The van der Waals surface area contributed by atoms with Crippen molar-refractivity contribution in [2.75, 3.05) is 37.7 Å². The van der Waals surface area contributed by atoms with Crippen molar-refractivity contribution >= 4 is 16.7 Å². The number of ether oxygens (including phenoxy) is 1. The van der Waals surface area contributed by atoms with Crippen molar-refractivity contribution in [3.63, 3.8) is 0 Å². The maximum Gasteiger partial charge on any atom is 0.258 e. The number of rotatable bonds is 2. The molecule has 0 aromatic carbocycles. The van der Waals surface area contributed by atoms with E-state index in [9.17, 15) is 4.79 Å². The summed E-state index contributed by atoms with van der Waals surface area (Å²) < 4.78 is 5.65. The first-order valence-electron chi connectivity index (χ1n) is 8.65. The summed E-state index contributed by atoms with van der Waals surface area (Å²) in [6, 6.07) is 2.34. The minimum atomic E-state index is -0.110. The third-order valence-electron chi connectivity index (χ3n) is 5.09. The van der Waals surface area contributed by atoms with E-state index in [1.807, 2.05) is 0 Å². The van der Waals surface area contributed by atoms with Crippen LogP contribution < -0.4 is 10.5 Å². The van der Waals surface area contributed by atoms with Gasteiger partial charge in [0.2, 0.25) is 0 Å². The van der Waals surface area contributed by atoms with Gasteiger partial charge in [-0.2, -0.15) is 0 Å². The molecule has 0 spiro atoms. The first-order chi connectivity index (χ1) is 11.7. The molecule has 0 amide bonds. The lowest BCUT2D eigenvalue weighted by Crippen LogP contribution is -2.51. The lowest BCUT2D eigenvalue weighted by atomic mass is 10.0. The van der Waals surface area contributed by atoms with Crippen molar-refractivity contribution in [3.8, 4) is 0 Å². The quantitative estimate of drug-likeness (QED) is 0.886. The molecule has 24 heavy (non-hydrogen) atoms. The molecule has 2 saturated heterocycles. The SMILES string of the molecule is CC1CN(C2CCN(c3nccc4c(=O)[nH]cnc34)CC2)CCO1. The molecule has 7 heteroatoms. The van der Waals surface area contributed by atoms with Crippen LogP contribution in [-0.4, -0.2) is 64.8 Å². The van der Waals surface area contributed by atoms with Crippen molar-refractivity contribution in [1.82, 2.24) is 19.9 Å². The molecule has 1 N–H and O–H groups in total. The van der Waals surface area contributed by atoms with Gasteiger partial charge in [0, 0.05) is 38.4 Å². The van der Waals surface area contributed by atoms with Crippen LogP contribution in [0.15, 0.2) is 23.4 Å². The molecule has 2 aromatic heterocycles. The van der Waals surface area contributed by atoms with Gasteiger partial charge in [0.15, 0.2) is 5.82 Å². The van der Waals surface area contributed by atoms with E-state index in [0.717, 1.165) is 51.4 Å². The maximum absolute atomic E-state index is 11.9. The Morgan fingerprint density at radius 2 is 2.08 bits per heavy atom. The summed E-state index contributed by atoms with van der Waals surface area (Å²) in [4.78, 5) is 28.2. The maximum atomic E-state index is 11.9. The number of hydrogen-bond donors (Lipinski definition) is 1. The molecule has 2 aliphatic rings. The van der Waals surface area contributed by atoms with Gasteiger partial charge in [0.05, 0.1) is 24.4 Å². The number of nitrogens with zero attached hydrogens (tertiary/aromatic N) is 4. The van der Waals surface area contributed by atoms with Gasteiger partial charge < -0.3 is 14.6 Å². The predicted octanol–water partition coefficient (Wildman–Crippen LogP) is 1.01. The molecule has 1 unspecified atom stereocenters. The van der Waals surface area contributed by atoms with Crippen LogP contribution in [0.4, 0.5) is 5.82 Å². The second-order valence-electron chi connectivity index (χ2n) is 6.66. The topological polar surface area (TPSA) is 74.4 Å². The van der Waals surface area contributed by atoms with Crippen molar-refractivity contribution in [2.24, 2.45) is 0 Å². The zero-order valence-electron chi connectivity index (χ0n) is 13.9. The molecule has 128 valence electrons. The third kappa shape index (κ3) is 2.89. The Kier molecular flexibility index (Phi) is 4.20. The van der Waals surface area contributed by atoms with Gasteiger partial charge in [-0.3, -0.25) is 9.69 Å². The summed E-state index contributed by atoms with van der Waals surface area (Å²) in [5, 5.41) is 0.603. The first-order valence-corrected chi connectivity index (χ1v) is 8.65. The average Bonchev–Trinajstić information content (AvgIpc) is 2.62. The van der Waals surface area contributed by atoms with Crippen LogP contribution in [0.1, 0.15) is 19.8 Å². The summed E-state index contributed by atoms with van der Waals surface area (Å²) in [6.07, 6.45) is 5.69. The molecular weight excluding hydrogens is 306 g/mol. The molecule has 7 nitrogen and oxygen atoms in total. The molecule has 0 bridgehead atoms. The highest BCUT2D eigenvalue weighted by Crippen LogP contribution is 2.26. The van der Waals surface area contributed by atoms with E-state index in [2.05, 4.69) is 31.7 Å². The second-order valence-corrected chi connectivity index (χ2v) is 6.66. The number of morpholine rings is 1. The van der Waals surface area contributed by atoms with Gasteiger partial charge in [-0.15, -0.1) is 0 Å². The van der Waals surface area contributed by atoms with Crippen molar-refractivity contribution in [2.45, 2.75) is 31.9 Å². The van der Waals surface area contributed by atoms with Crippen LogP contribution in [0.25, 0.3) is 10.9 Å². The highest BCUT2D eigenvalue weighted by atomic mass is 16.5. The largest absolute Gasteiger partial charge is 0.376 e. The van der Waals surface area contributed by atoms with Crippen molar-refractivity contribution in [1.29, 1.82) is 0 Å². The van der Waals surface area contributed by atoms with Crippen LogP contribution in [0.2, 0.25) is 0 Å². The molecule has 4 heterocycles. The summed E-state index contributed by atoms with van der Waals surface area (Å²) in [6.45, 7) is 6.91. The second kappa shape index (κ2) is 6.49. The summed E-state index contributed by atoms with van der Waals surface area (Å²) >= 11 is 0. The Balaban J connectivity index is 1.50. The normalized spacial score (nSPS) is 23.7. The third-order valence-corrected chi connectivity index (χ3v) is 5.09. The first kappa shape index (κ1) is 15.5. The number of aromatic amines is 1. The number of anilines is 1. The number of pyridine rings is 1. The Labute approximate surface area is 140 Å². The number of aromatic nitrogens is 3. The molecule has 0 saturated carbocycles. The lowest BCUT2D eigenvalue weighted by Gasteiger charge is -2.42. The van der Waals surface area contributed by atoms with Crippen LogP contribution in [0.3, 0.4) is 0 Å². The van der Waals surface area contributed by atoms with Crippen LogP contribution in [-0.2, 0) is 4.74 Å². The highest BCUT2D eigenvalue weighted by Gasteiger charge is 2.29. The summed E-state index contributed by atoms with van der Waals surface area (Å²) in [7, 11) is 0. The molecular formula is C17H23N5O2. The number of H-pyrrole nitrogens is 1. The van der Waals surface area contributed by atoms with E-state index >= 15 is 0 Å². The van der Waals surface area contributed by atoms with Gasteiger partial charge in [-0.1, -0.05) is 0 Å².